The van der Waals surface area contributed by atoms with Gasteiger partial charge in [-0.1, -0.05) is 25.4 Å². The number of hydrogen-bond donors (Lipinski definition) is 1. The van der Waals surface area contributed by atoms with E-state index in [0.29, 0.717) is 16.6 Å². The molecule has 0 saturated carbocycles. The van der Waals surface area contributed by atoms with Gasteiger partial charge in [0, 0.05) is 18.8 Å². The molecule has 2 rings (SSSR count). The average Bonchev–Trinajstić information content (AvgIpc) is 2.64. The number of nitrogens with two attached hydrogens (primary N) is 1. The highest BCUT2D eigenvalue weighted by molar-refractivity contribution is 6.35. The topological polar surface area (TPSA) is 69.6 Å². The Morgan fingerprint density at radius 2 is 2.06 bits per heavy atom. The van der Waals surface area contributed by atoms with Crippen molar-refractivity contribution in [1.82, 2.24) is 19.7 Å². The molecule has 0 radical (unpaired) electrons. The Labute approximate surface area is 105 Å². The molecule has 2 N–H and O–H groups in total. The van der Waals surface area contributed by atoms with Crippen LogP contribution in [0.5, 0.6) is 0 Å². The number of halogens is 1. The molecule has 0 aliphatic rings. The number of aryl methyl sites for hydroxylation is 1. The molecule has 0 aromatic carbocycles. The van der Waals surface area contributed by atoms with Crippen molar-refractivity contribution in [3.05, 3.63) is 23.2 Å². The van der Waals surface area contributed by atoms with E-state index in [1.54, 1.807) is 4.68 Å². The minimum absolute atomic E-state index is 0.287. The summed E-state index contributed by atoms with van der Waals surface area (Å²) in [5.74, 6) is 0.577. The number of nitrogen functional groups attached to an aromatic ring is 1. The standard InChI is InChI=1S/C11H14ClN5/c1-6(2)9-7(4-17(3)16-9)10-8(12)11(13)15-5-14-10/h4-6H,1-3H3,(H2,13,14,15). The summed E-state index contributed by atoms with van der Waals surface area (Å²) >= 11 is 6.13. The lowest BCUT2D eigenvalue weighted by molar-refractivity contribution is 0.713. The van der Waals surface area contributed by atoms with Crippen LogP contribution in [0, 0.1) is 0 Å². The second-order valence-corrected chi connectivity index (χ2v) is 4.56. The van der Waals surface area contributed by atoms with E-state index in [1.165, 1.54) is 6.33 Å². The summed E-state index contributed by atoms with van der Waals surface area (Å²) in [6.45, 7) is 4.15. The van der Waals surface area contributed by atoms with Crippen LogP contribution in [-0.4, -0.2) is 19.7 Å². The quantitative estimate of drug-likeness (QED) is 0.889. The van der Waals surface area contributed by atoms with Crippen molar-refractivity contribution in [2.45, 2.75) is 19.8 Å². The maximum absolute atomic E-state index is 6.13. The monoisotopic (exact) mass is 251 g/mol. The number of hydrogen-bond acceptors (Lipinski definition) is 4. The zero-order valence-electron chi connectivity index (χ0n) is 9.98. The highest BCUT2D eigenvalue weighted by Gasteiger charge is 2.18. The third-order valence-electron chi connectivity index (χ3n) is 2.48. The minimum Gasteiger partial charge on any atom is -0.382 e. The molecule has 0 amide bonds. The van der Waals surface area contributed by atoms with Gasteiger partial charge in [0.2, 0.25) is 0 Å². The van der Waals surface area contributed by atoms with Gasteiger partial charge in [-0.2, -0.15) is 5.10 Å². The maximum atomic E-state index is 6.13. The van der Waals surface area contributed by atoms with E-state index in [1.807, 2.05) is 13.2 Å². The van der Waals surface area contributed by atoms with Crippen LogP contribution in [0.4, 0.5) is 5.82 Å². The molecule has 2 aromatic heterocycles. The molecule has 0 aliphatic carbocycles. The number of aromatic nitrogens is 4. The highest BCUT2D eigenvalue weighted by atomic mass is 35.5. The van der Waals surface area contributed by atoms with Crippen LogP contribution in [0.3, 0.4) is 0 Å². The summed E-state index contributed by atoms with van der Waals surface area (Å²) in [4.78, 5) is 8.04. The first-order valence-electron chi connectivity index (χ1n) is 5.30. The molecule has 0 saturated heterocycles. The lowest BCUT2D eigenvalue weighted by atomic mass is 10.0. The van der Waals surface area contributed by atoms with E-state index < -0.39 is 0 Å². The zero-order valence-corrected chi connectivity index (χ0v) is 10.7. The van der Waals surface area contributed by atoms with Gasteiger partial charge in [0.1, 0.15) is 17.2 Å². The maximum Gasteiger partial charge on any atom is 0.146 e. The van der Waals surface area contributed by atoms with Crippen molar-refractivity contribution in [3.63, 3.8) is 0 Å². The lowest BCUT2D eigenvalue weighted by Crippen LogP contribution is -1.98. The van der Waals surface area contributed by atoms with Crippen molar-refractivity contribution in [2.75, 3.05) is 5.73 Å². The van der Waals surface area contributed by atoms with Crippen LogP contribution in [0.15, 0.2) is 12.5 Å². The first kappa shape index (κ1) is 11.9. The van der Waals surface area contributed by atoms with Crippen LogP contribution in [0.1, 0.15) is 25.5 Å². The third kappa shape index (κ3) is 2.10. The van der Waals surface area contributed by atoms with E-state index >= 15 is 0 Å². The van der Waals surface area contributed by atoms with Crippen molar-refractivity contribution < 1.29 is 0 Å². The van der Waals surface area contributed by atoms with E-state index in [2.05, 4.69) is 28.9 Å². The molecular weight excluding hydrogens is 238 g/mol. The van der Waals surface area contributed by atoms with Crippen LogP contribution in [0.2, 0.25) is 5.02 Å². The third-order valence-corrected chi connectivity index (χ3v) is 2.85. The molecule has 6 heteroatoms. The van der Waals surface area contributed by atoms with Crippen LogP contribution in [-0.2, 0) is 7.05 Å². The zero-order chi connectivity index (χ0) is 12.6. The van der Waals surface area contributed by atoms with Gasteiger partial charge in [0.15, 0.2) is 0 Å². The van der Waals surface area contributed by atoms with Gasteiger partial charge in [-0.25, -0.2) is 9.97 Å². The molecule has 5 nitrogen and oxygen atoms in total. The molecule has 0 fully saturated rings. The SMILES string of the molecule is CC(C)c1nn(C)cc1-c1ncnc(N)c1Cl. The van der Waals surface area contributed by atoms with Gasteiger partial charge in [-0.05, 0) is 5.92 Å². The predicted octanol–water partition coefficient (Wildman–Crippen LogP) is 2.24. The lowest BCUT2D eigenvalue weighted by Gasteiger charge is -2.06. The fraction of sp³-hybridized carbons (Fsp3) is 0.364. The predicted molar refractivity (Wildman–Crippen MR) is 67.7 cm³/mol. The van der Waals surface area contributed by atoms with Gasteiger partial charge in [0.25, 0.3) is 0 Å². The Kier molecular flexibility index (Phi) is 3.02. The molecular formula is C11H14ClN5. The molecule has 0 spiro atoms. The second kappa shape index (κ2) is 4.33. The summed E-state index contributed by atoms with van der Waals surface area (Å²) in [7, 11) is 1.87. The van der Waals surface area contributed by atoms with Crippen LogP contribution >= 0.6 is 11.6 Å². The summed E-state index contributed by atoms with van der Waals surface area (Å²) in [5, 5.41) is 4.79. The highest BCUT2D eigenvalue weighted by Crippen LogP contribution is 2.33. The van der Waals surface area contributed by atoms with Gasteiger partial charge < -0.3 is 5.73 Å². The van der Waals surface area contributed by atoms with Crippen molar-refractivity contribution in [1.29, 1.82) is 0 Å². The smallest absolute Gasteiger partial charge is 0.146 e. The van der Waals surface area contributed by atoms with E-state index in [0.717, 1.165) is 11.3 Å². The fourth-order valence-corrected chi connectivity index (χ4v) is 1.89. The van der Waals surface area contributed by atoms with Crippen LogP contribution < -0.4 is 5.73 Å². The molecule has 0 bridgehead atoms. The van der Waals surface area contributed by atoms with Crippen molar-refractivity contribution >= 4 is 17.4 Å². The molecule has 0 atom stereocenters. The molecule has 0 aliphatic heterocycles. The second-order valence-electron chi connectivity index (χ2n) is 4.18. The van der Waals surface area contributed by atoms with Gasteiger partial charge in [-0.15, -0.1) is 0 Å². The molecule has 2 heterocycles. The molecule has 2 aromatic rings. The van der Waals surface area contributed by atoms with Gasteiger partial charge >= 0.3 is 0 Å². The summed E-state index contributed by atoms with van der Waals surface area (Å²) in [6, 6.07) is 0. The van der Waals surface area contributed by atoms with E-state index in [9.17, 15) is 0 Å². The Balaban J connectivity index is 2.64. The summed E-state index contributed by atoms with van der Waals surface area (Å²) in [5.41, 5.74) is 8.17. The Morgan fingerprint density at radius 1 is 1.35 bits per heavy atom. The Hall–Kier alpha value is -1.62. The number of anilines is 1. The summed E-state index contributed by atoms with van der Waals surface area (Å²) in [6.07, 6.45) is 3.30. The largest absolute Gasteiger partial charge is 0.382 e. The van der Waals surface area contributed by atoms with Crippen molar-refractivity contribution in [2.24, 2.45) is 7.05 Å². The van der Waals surface area contributed by atoms with Gasteiger partial charge in [-0.3, -0.25) is 4.68 Å². The van der Waals surface area contributed by atoms with Gasteiger partial charge in [0.05, 0.1) is 11.4 Å². The molecule has 90 valence electrons. The first-order chi connectivity index (χ1) is 8.00. The first-order valence-corrected chi connectivity index (χ1v) is 5.68. The van der Waals surface area contributed by atoms with E-state index in [4.69, 9.17) is 17.3 Å². The fourth-order valence-electron chi connectivity index (χ4n) is 1.69. The normalized spacial score (nSPS) is 11.1. The summed E-state index contributed by atoms with van der Waals surface area (Å²) < 4.78 is 1.75. The molecule has 17 heavy (non-hydrogen) atoms. The Morgan fingerprint density at radius 3 is 2.71 bits per heavy atom. The number of rotatable bonds is 2. The average molecular weight is 252 g/mol. The van der Waals surface area contributed by atoms with Crippen molar-refractivity contribution in [3.8, 4) is 11.3 Å². The van der Waals surface area contributed by atoms with Crippen LogP contribution in [0.25, 0.3) is 11.3 Å². The minimum atomic E-state index is 0.287. The number of nitrogens with zero attached hydrogens (tertiary/aromatic N) is 4. The van der Waals surface area contributed by atoms with E-state index in [-0.39, 0.29) is 5.82 Å². The Bertz CT molecular complexity index is 547. The molecule has 0 unspecified atom stereocenters.